The number of hydrogen-bond acceptors (Lipinski definition) is 1. The van der Waals surface area contributed by atoms with Gasteiger partial charge in [-0.1, -0.05) is 26.7 Å². The second-order valence-electron chi connectivity index (χ2n) is 5.23. The summed E-state index contributed by atoms with van der Waals surface area (Å²) in [5.74, 6) is 0.999. The molecule has 14 heavy (non-hydrogen) atoms. The monoisotopic (exact) mass is 196 g/mol. The molecule has 0 aromatic carbocycles. The third-order valence-corrected chi connectivity index (χ3v) is 4.79. The molecule has 4 atom stereocenters. The molecule has 0 heterocycles. The van der Waals surface area contributed by atoms with E-state index >= 15 is 0 Å². The minimum absolute atomic E-state index is 0.343. The lowest BCUT2D eigenvalue weighted by Crippen LogP contribution is -2.42. The van der Waals surface area contributed by atoms with Crippen LogP contribution in [0.15, 0.2) is 0 Å². The first-order chi connectivity index (χ1) is 6.61. The van der Waals surface area contributed by atoms with E-state index < -0.39 is 5.97 Å². The van der Waals surface area contributed by atoms with E-state index in [0.29, 0.717) is 17.8 Å². The summed E-state index contributed by atoms with van der Waals surface area (Å²) in [5.41, 5.74) is -0.363. The highest BCUT2D eigenvalue weighted by atomic mass is 16.4. The molecule has 2 saturated carbocycles. The van der Waals surface area contributed by atoms with Crippen molar-refractivity contribution in [3.63, 3.8) is 0 Å². The Balaban J connectivity index is 2.28. The lowest BCUT2D eigenvalue weighted by atomic mass is 9.64. The summed E-state index contributed by atoms with van der Waals surface area (Å²) in [4.78, 5) is 11.5. The van der Waals surface area contributed by atoms with E-state index in [1.54, 1.807) is 0 Å². The lowest BCUT2D eigenvalue weighted by Gasteiger charge is -2.38. The van der Waals surface area contributed by atoms with Crippen LogP contribution in [0.2, 0.25) is 0 Å². The number of aliphatic carboxylic acids is 1. The number of hydrogen-bond donors (Lipinski definition) is 1. The molecule has 1 N–H and O–H groups in total. The molecule has 0 aromatic heterocycles. The van der Waals surface area contributed by atoms with Gasteiger partial charge < -0.3 is 5.11 Å². The van der Waals surface area contributed by atoms with Crippen molar-refractivity contribution in [1.29, 1.82) is 0 Å². The van der Waals surface area contributed by atoms with Crippen LogP contribution in [0.5, 0.6) is 0 Å². The van der Waals surface area contributed by atoms with Crippen molar-refractivity contribution in [3.05, 3.63) is 0 Å². The molecule has 0 saturated heterocycles. The van der Waals surface area contributed by atoms with Gasteiger partial charge in [0.25, 0.3) is 0 Å². The molecule has 2 bridgehead atoms. The molecule has 0 spiro atoms. The smallest absolute Gasteiger partial charge is 0.310 e. The van der Waals surface area contributed by atoms with Crippen LogP contribution >= 0.6 is 0 Å². The van der Waals surface area contributed by atoms with Crippen LogP contribution in [0.3, 0.4) is 0 Å². The normalized spacial score (nSPS) is 42.7. The second kappa shape index (κ2) is 3.25. The predicted molar refractivity (Wildman–Crippen MR) is 55.0 cm³/mol. The van der Waals surface area contributed by atoms with Crippen LogP contribution in [0.1, 0.15) is 46.0 Å². The van der Waals surface area contributed by atoms with Gasteiger partial charge in [-0.25, -0.2) is 0 Å². The van der Waals surface area contributed by atoms with E-state index in [2.05, 4.69) is 13.8 Å². The Bertz CT molecular complexity index is 249. The minimum atomic E-state index is -0.529. The first-order valence-electron chi connectivity index (χ1n) is 5.84. The average molecular weight is 196 g/mol. The molecule has 80 valence electrons. The number of carboxylic acid groups (broad SMARTS) is 1. The summed E-state index contributed by atoms with van der Waals surface area (Å²) in [6, 6.07) is 0. The Morgan fingerprint density at radius 1 is 1.57 bits per heavy atom. The molecule has 0 aliphatic heterocycles. The van der Waals surface area contributed by atoms with Crippen LogP contribution in [0, 0.1) is 23.2 Å². The van der Waals surface area contributed by atoms with E-state index in [9.17, 15) is 9.90 Å². The summed E-state index contributed by atoms with van der Waals surface area (Å²) in [6.07, 6.45) is 5.55. The van der Waals surface area contributed by atoms with E-state index in [4.69, 9.17) is 0 Å². The van der Waals surface area contributed by atoms with Gasteiger partial charge in [-0.3, -0.25) is 4.79 Å². The highest BCUT2D eigenvalue weighted by Gasteiger charge is 2.57. The third-order valence-electron chi connectivity index (χ3n) is 4.79. The van der Waals surface area contributed by atoms with E-state index in [-0.39, 0.29) is 5.41 Å². The summed E-state index contributed by atoms with van der Waals surface area (Å²) in [5, 5.41) is 9.49. The zero-order valence-electron chi connectivity index (χ0n) is 9.12. The predicted octanol–water partition coefficient (Wildman–Crippen LogP) is 2.92. The Morgan fingerprint density at radius 2 is 2.29 bits per heavy atom. The van der Waals surface area contributed by atoms with E-state index in [0.717, 1.165) is 19.3 Å². The summed E-state index contributed by atoms with van der Waals surface area (Å²) in [7, 11) is 0. The highest BCUT2D eigenvalue weighted by Crippen LogP contribution is 2.59. The Kier molecular flexibility index (Phi) is 2.32. The first kappa shape index (κ1) is 10.0. The fraction of sp³-hybridized carbons (Fsp3) is 0.917. The number of carboxylic acids is 1. The van der Waals surface area contributed by atoms with Crippen molar-refractivity contribution >= 4 is 5.97 Å². The molecule has 4 unspecified atom stereocenters. The van der Waals surface area contributed by atoms with Gasteiger partial charge in [0.2, 0.25) is 0 Å². The van der Waals surface area contributed by atoms with E-state index in [1.807, 2.05) is 0 Å². The molecule has 2 nitrogen and oxygen atoms in total. The van der Waals surface area contributed by atoms with Crippen molar-refractivity contribution in [3.8, 4) is 0 Å². The van der Waals surface area contributed by atoms with Gasteiger partial charge in [0, 0.05) is 0 Å². The van der Waals surface area contributed by atoms with Crippen LogP contribution in [-0.2, 0) is 4.79 Å². The van der Waals surface area contributed by atoms with Gasteiger partial charge in [-0.05, 0) is 37.0 Å². The molecule has 2 aliphatic carbocycles. The molecule has 2 aliphatic rings. The Labute approximate surface area is 85.7 Å². The quantitative estimate of drug-likeness (QED) is 0.753. The first-order valence-corrected chi connectivity index (χ1v) is 5.84. The van der Waals surface area contributed by atoms with Crippen molar-refractivity contribution in [2.45, 2.75) is 46.0 Å². The molecule has 2 heteroatoms. The van der Waals surface area contributed by atoms with Crippen molar-refractivity contribution in [2.75, 3.05) is 0 Å². The summed E-state index contributed by atoms with van der Waals surface area (Å²) < 4.78 is 0. The minimum Gasteiger partial charge on any atom is -0.481 e. The van der Waals surface area contributed by atoms with Gasteiger partial charge >= 0.3 is 5.97 Å². The molecule has 2 fully saturated rings. The van der Waals surface area contributed by atoms with Crippen LogP contribution in [-0.4, -0.2) is 11.1 Å². The fourth-order valence-corrected chi connectivity index (χ4v) is 3.81. The van der Waals surface area contributed by atoms with Crippen molar-refractivity contribution < 1.29 is 9.90 Å². The third kappa shape index (κ3) is 1.12. The van der Waals surface area contributed by atoms with Gasteiger partial charge in [-0.15, -0.1) is 0 Å². The standard InChI is InChI=1S/C12H20O2/c1-3-8(2)12(11(13)14)7-9-4-5-10(12)6-9/h8-10H,3-7H2,1-2H3,(H,13,14). The molecule has 0 aromatic rings. The summed E-state index contributed by atoms with van der Waals surface area (Å²) in [6.45, 7) is 4.23. The van der Waals surface area contributed by atoms with Crippen LogP contribution < -0.4 is 0 Å². The maximum atomic E-state index is 11.5. The molecular formula is C12H20O2. The molecular weight excluding hydrogens is 176 g/mol. The molecule has 2 rings (SSSR count). The second-order valence-corrected chi connectivity index (χ2v) is 5.23. The van der Waals surface area contributed by atoms with Crippen molar-refractivity contribution in [1.82, 2.24) is 0 Å². The number of carbonyl (C=O) groups is 1. The highest BCUT2D eigenvalue weighted by molar-refractivity contribution is 5.76. The number of fused-ring (bicyclic) bond motifs is 2. The Hall–Kier alpha value is -0.530. The molecule has 0 amide bonds. The fourth-order valence-electron chi connectivity index (χ4n) is 3.81. The average Bonchev–Trinajstić information content (AvgIpc) is 2.75. The SMILES string of the molecule is CCC(C)C1(C(=O)O)CC2CCC1C2. The number of rotatable bonds is 3. The van der Waals surface area contributed by atoms with Crippen LogP contribution in [0.4, 0.5) is 0 Å². The Morgan fingerprint density at radius 3 is 2.64 bits per heavy atom. The lowest BCUT2D eigenvalue weighted by molar-refractivity contribution is -0.156. The van der Waals surface area contributed by atoms with Crippen molar-refractivity contribution in [2.24, 2.45) is 23.2 Å². The molecule has 0 radical (unpaired) electrons. The van der Waals surface area contributed by atoms with Gasteiger partial charge in [0.1, 0.15) is 0 Å². The zero-order chi connectivity index (χ0) is 10.3. The van der Waals surface area contributed by atoms with E-state index in [1.165, 1.54) is 12.8 Å². The topological polar surface area (TPSA) is 37.3 Å². The van der Waals surface area contributed by atoms with Gasteiger partial charge in [-0.2, -0.15) is 0 Å². The van der Waals surface area contributed by atoms with Gasteiger partial charge in [0.15, 0.2) is 0 Å². The van der Waals surface area contributed by atoms with Crippen LogP contribution in [0.25, 0.3) is 0 Å². The largest absolute Gasteiger partial charge is 0.481 e. The maximum absolute atomic E-state index is 11.5. The zero-order valence-corrected chi connectivity index (χ0v) is 9.12. The van der Waals surface area contributed by atoms with Gasteiger partial charge in [0.05, 0.1) is 5.41 Å². The maximum Gasteiger partial charge on any atom is 0.310 e. The summed E-state index contributed by atoms with van der Waals surface area (Å²) >= 11 is 0.